The summed E-state index contributed by atoms with van der Waals surface area (Å²) in [4.78, 5) is 24.0. The zero-order valence-electron chi connectivity index (χ0n) is 15.2. The Morgan fingerprint density at radius 3 is 2.52 bits per heavy atom. The maximum absolute atomic E-state index is 13.0. The molecule has 1 atom stereocenters. The van der Waals surface area contributed by atoms with Gasteiger partial charge in [-0.25, -0.2) is 13.2 Å². The quantitative estimate of drug-likeness (QED) is 0.707. The third-order valence-corrected chi connectivity index (χ3v) is 6.93. The van der Waals surface area contributed by atoms with Gasteiger partial charge in [-0.15, -0.1) is 0 Å². The van der Waals surface area contributed by atoms with Crippen LogP contribution in [0.15, 0.2) is 23.1 Å². The second kappa shape index (κ2) is 7.95. The number of carbonyl (C=O) groups is 2. The molecule has 1 amide bonds. The minimum Gasteiger partial charge on any atom is -0.480 e. The largest absolute Gasteiger partial charge is 0.480 e. The fourth-order valence-electron chi connectivity index (χ4n) is 3.19. The van der Waals surface area contributed by atoms with Crippen molar-refractivity contribution in [2.45, 2.75) is 37.1 Å². The molecule has 2 aliphatic rings. The summed E-state index contributed by atoms with van der Waals surface area (Å²) >= 11 is 0. The van der Waals surface area contributed by atoms with Crippen molar-refractivity contribution >= 4 is 21.9 Å². The fraction of sp³-hybridized carbons (Fsp3) is 0.556. The smallest absolute Gasteiger partial charge is 0.326 e. The Morgan fingerprint density at radius 2 is 1.96 bits per heavy atom. The summed E-state index contributed by atoms with van der Waals surface area (Å²) in [5, 5.41) is 11.8. The number of carboxylic acid groups (broad SMARTS) is 1. The SMILES string of the molecule is CCc1ccc(C(=O)NC(C(=O)O)C2CC2)cc1S(=O)(=O)N1CCOCC1. The number of hydrogen-bond donors (Lipinski definition) is 2. The summed E-state index contributed by atoms with van der Waals surface area (Å²) in [5.74, 6) is -1.70. The third kappa shape index (κ3) is 4.31. The molecule has 1 heterocycles. The maximum atomic E-state index is 13.0. The van der Waals surface area contributed by atoms with E-state index in [1.807, 2.05) is 6.92 Å². The van der Waals surface area contributed by atoms with Crippen LogP contribution in [0.4, 0.5) is 0 Å². The molecular formula is C18H24N2O6S. The first-order valence-electron chi connectivity index (χ1n) is 9.09. The lowest BCUT2D eigenvalue weighted by molar-refractivity contribution is -0.139. The van der Waals surface area contributed by atoms with E-state index in [1.165, 1.54) is 16.4 Å². The van der Waals surface area contributed by atoms with E-state index in [2.05, 4.69) is 5.32 Å². The Bertz CT molecular complexity index is 828. The third-order valence-electron chi connectivity index (χ3n) is 4.94. The zero-order valence-corrected chi connectivity index (χ0v) is 16.0. The van der Waals surface area contributed by atoms with Crippen molar-refractivity contribution in [2.75, 3.05) is 26.3 Å². The van der Waals surface area contributed by atoms with Crippen molar-refractivity contribution in [1.82, 2.24) is 9.62 Å². The molecule has 0 bridgehead atoms. The number of carbonyl (C=O) groups excluding carboxylic acids is 1. The summed E-state index contributed by atoms with van der Waals surface area (Å²) < 4.78 is 32.6. The number of nitrogens with one attached hydrogen (secondary N) is 1. The average Bonchev–Trinajstić information content (AvgIpc) is 3.50. The molecule has 0 aromatic heterocycles. The van der Waals surface area contributed by atoms with Gasteiger partial charge in [0.2, 0.25) is 10.0 Å². The molecule has 9 heteroatoms. The van der Waals surface area contributed by atoms with Crippen molar-refractivity contribution in [1.29, 1.82) is 0 Å². The van der Waals surface area contributed by atoms with E-state index in [1.54, 1.807) is 6.07 Å². The summed E-state index contributed by atoms with van der Waals surface area (Å²) in [5.41, 5.74) is 0.765. The number of carboxylic acids is 1. The van der Waals surface area contributed by atoms with Gasteiger partial charge in [0.1, 0.15) is 6.04 Å². The molecule has 1 aromatic rings. The standard InChI is InChI=1S/C18H24N2O6S/c1-2-12-3-6-14(17(21)19-16(18(22)23)13-4-5-13)11-15(12)27(24,25)20-7-9-26-10-8-20/h3,6,11,13,16H,2,4-5,7-10H2,1H3,(H,19,21)(H,22,23). The van der Waals surface area contributed by atoms with Gasteiger partial charge in [0.25, 0.3) is 5.91 Å². The molecule has 8 nitrogen and oxygen atoms in total. The first kappa shape index (κ1) is 19.8. The summed E-state index contributed by atoms with van der Waals surface area (Å²) in [6.45, 7) is 3.06. The van der Waals surface area contributed by atoms with Crippen LogP contribution in [-0.4, -0.2) is 62.1 Å². The number of hydrogen-bond acceptors (Lipinski definition) is 5. The Balaban J connectivity index is 1.88. The lowest BCUT2D eigenvalue weighted by Gasteiger charge is -2.27. The van der Waals surface area contributed by atoms with Crippen LogP contribution in [0.2, 0.25) is 0 Å². The number of ether oxygens (including phenoxy) is 1. The first-order valence-corrected chi connectivity index (χ1v) is 10.5. The normalized spacial score (nSPS) is 19.4. The molecule has 1 aliphatic carbocycles. The van der Waals surface area contributed by atoms with Crippen LogP contribution in [0.1, 0.15) is 35.7 Å². The van der Waals surface area contributed by atoms with E-state index in [-0.39, 0.29) is 29.5 Å². The van der Waals surface area contributed by atoms with E-state index in [0.717, 1.165) is 12.8 Å². The van der Waals surface area contributed by atoms with Gasteiger partial charge in [0.15, 0.2) is 0 Å². The highest BCUT2D eigenvalue weighted by Crippen LogP contribution is 2.33. The number of nitrogens with zero attached hydrogens (tertiary/aromatic N) is 1. The van der Waals surface area contributed by atoms with Crippen molar-refractivity contribution in [2.24, 2.45) is 5.92 Å². The molecule has 148 valence electrons. The molecule has 1 aromatic carbocycles. The topological polar surface area (TPSA) is 113 Å². The number of rotatable bonds is 7. The molecule has 0 spiro atoms. The molecule has 1 aliphatic heterocycles. The molecule has 1 saturated carbocycles. The number of aliphatic carboxylic acids is 1. The summed E-state index contributed by atoms with van der Waals surface area (Å²) in [6, 6.07) is 3.57. The van der Waals surface area contributed by atoms with Crippen molar-refractivity contribution < 1.29 is 27.9 Å². The van der Waals surface area contributed by atoms with Crippen LogP contribution in [0, 0.1) is 5.92 Å². The van der Waals surface area contributed by atoms with Gasteiger partial charge in [-0.05, 0) is 42.9 Å². The highest BCUT2D eigenvalue weighted by Gasteiger charge is 2.37. The molecule has 1 unspecified atom stereocenters. The van der Waals surface area contributed by atoms with Gasteiger partial charge in [0.05, 0.1) is 18.1 Å². The number of amides is 1. The van der Waals surface area contributed by atoms with Crippen LogP contribution in [-0.2, 0) is 26.0 Å². The van der Waals surface area contributed by atoms with E-state index >= 15 is 0 Å². The average molecular weight is 396 g/mol. The Hall–Kier alpha value is -1.97. The van der Waals surface area contributed by atoms with E-state index < -0.39 is 27.9 Å². The van der Waals surface area contributed by atoms with Crippen LogP contribution in [0.3, 0.4) is 0 Å². The van der Waals surface area contributed by atoms with Gasteiger partial charge < -0.3 is 15.2 Å². The number of benzene rings is 1. The summed E-state index contributed by atoms with van der Waals surface area (Å²) in [7, 11) is -3.75. The molecule has 3 rings (SSSR count). The van der Waals surface area contributed by atoms with Crippen molar-refractivity contribution in [3.8, 4) is 0 Å². The van der Waals surface area contributed by atoms with Gasteiger partial charge in [-0.3, -0.25) is 4.79 Å². The predicted octanol–water partition coefficient (Wildman–Crippen LogP) is 0.863. The van der Waals surface area contributed by atoms with E-state index in [4.69, 9.17) is 4.74 Å². The molecule has 2 N–H and O–H groups in total. The minimum atomic E-state index is -3.75. The number of sulfonamides is 1. The summed E-state index contributed by atoms with van der Waals surface area (Å²) in [6.07, 6.45) is 2.03. The van der Waals surface area contributed by atoms with Crippen LogP contribution >= 0.6 is 0 Å². The van der Waals surface area contributed by atoms with Gasteiger partial charge in [0, 0.05) is 18.7 Å². The predicted molar refractivity (Wildman–Crippen MR) is 97.0 cm³/mol. The number of morpholine rings is 1. The molecule has 0 radical (unpaired) electrons. The Morgan fingerprint density at radius 1 is 1.30 bits per heavy atom. The van der Waals surface area contributed by atoms with E-state index in [9.17, 15) is 23.1 Å². The molecule has 2 fully saturated rings. The fourth-order valence-corrected chi connectivity index (χ4v) is 4.92. The Labute approximate surface area is 158 Å². The Kier molecular flexibility index (Phi) is 5.83. The molecule has 1 saturated heterocycles. The number of aryl methyl sites for hydroxylation is 1. The minimum absolute atomic E-state index is 0.0575. The van der Waals surface area contributed by atoms with Gasteiger partial charge in [-0.2, -0.15) is 4.31 Å². The maximum Gasteiger partial charge on any atom is 0.326 e. The monoisotopic (exact) mass is 396 g/mol. The molecule has 27 heavy (non-hydrogen) atoms. The molecular weight excluding hydrogens is 372 g/mol. The van der Waals surface area contributed by atoms with E-state index in [0.29, 0.717) is 25.2 Å². The van der Waals surface area contributed by atoms with Gasteiger partial charge in [-0.1, -0.05) is 13.0 Å². The first-order chi connectivity index (χ1) is 12.8. The second-order valence-corrected chi connectivity index (χ2v) is 8.73. The van der Waals surface area contributed by atoms with Gasteiger partial charge >= 0.3 is 5.97 Å². The second-order valence-electron chi connectivity index (χ2n) is 6.82. The highest BCUT2D eigenvalue weighted by molar-refractivity contribution is 7.89. The lowest BCUT2D eigenvalue weighted by Crippen LogP contribution is -2.42. The lowest BCUT2D eigenvalue weighted by atomic mass is 10.1. The zero-order chi connectivity index (χ0) is 19.6. The highest BCUT2D eigenvalue weighted by atomic mass is 32.2. The van der Waals surface area contributed by atoms with Crippen LogP contribution < -0.4 is 5.32 Å². The van der Waals surface area contributed by atoms with Crippen LogP contribution in [0.25, 0.3) is 0 Å². The van der Waals surface area contributed by atoms with Crippen LogP contribution in [0.5, 0.6) is 0 Å². The van der Waals surface area contributed by atoms with Crippen molar-refractivity contribution in [3.05, 3.63) is 29.3 Å². The van der Waals surface area contributed by atoms with Crippen molar-refractivity contribution in [3.63, 3.8) is 0 Å².